The molecule has 3 N–H and O–H groups in total. The molecular weight excluding hydrogens is 498 g/mol. The maximum Gasteiger partial charge on any atom is 0.264 e. The molecule has 0 aliphatic carbocycles. The molecule has 0 aliphatic heterocycles. The zero-order chi connectivity index (χ0) is 25.1. The van der Waals surface area contributed by atoms with E-state index in [1.54, 1.807) is 37.3 Å². The lowest BCUT2D eigenvalue weighted by atomic mass is 10.2. The Morgan fingerprint density at radius 2 is 1.50 bits per heavy atom. The van der Waals surface area contributed by atoms with Gasteiger partial charge in [0.1, 0.15) is 6.54 Å². The lowest BCUT2D eigenvalue weighted by molar-refractivity contribution is -0.119. The topological polar surface area (TPSA) is 127 Å². The van der Waals surface area contributed by atoms with Crippen LogP contribution in [0.3, 0.4) is 0 Å². The number of hydrogen-bond donors (Lipinski definition) is 2. The molecule has 8 nitrogen and oxygen atoms in total. The number of hydrogen-bond acceptors (Lipinski definition) is 5. The van der Waals surface area contributed by atoms with Crippen molar-refractivity contribution in [2.45, 2.75) is 30.2 Å². The van der Waals surface area contributed by atoms with Crippen molar-refractivity contribution in [3.05, 3.63) is 88.4 Å². The number of aryl methyl sites for hydroxylation is 1. The largest absolute Gasteiger partial charge is 0.350 e. The quantitative estimate of drug-likeness (QED) is 0.471. The van der Waals surface area contributed by atoms with Gasteiger partial charge in [0.15, 0.2) is 0 Å². The molecule has 3 aromatic carbocycles. The summed E-state index contributed by atoms with van der Waals surface area (Å²) in [6.45, 7) is 3.11. The maximum atomic E-state index is 13.5. The summed E-state index contributed by atoms with van der Waals surface area (Å²) in [6.07, 6.45) is 0. The Morgan fingerprint density at radius 1 is 0.912 bits per heavy atom. The van der Waals surface area contributed by atoms with Crippen LogP contribution < -0.4 is 14.8 Å². The highest BCUT2D eigenvalue weighted by Gasteiger charge is 2.28. The first-order valence-corrected chi connectivity index (χ1v) is 13.5. The molecule has 1 amide bonds. The minimum atomic E-state index is -4.08. The first-order chi connectivity index (χ1) is 15.9. The van der Waals surface area contributed by atoms with Crippen LogP contribution in [0.25, 0.3) is 0 Å². The molecule has 0 bridgehead atoms. The van der Waals surface area contributed by atoms with Crippen LogP contribution in [0.4, 0.5) is 5.69 Å². The Kier molecular flexibility index (Phi) is 7.67. The summed E-state index contributed by atoms with van der Waals surface area (Å²) in [4.78, 5) is 12.8. The normalized spacial score (nSPS) is 11.8. The average Bonchev–Trinajstić information content (AvgIpc) is 2.78. The number of carbonyl (C=O) groups excluding carboxylic acids is 1. The van der Waals surface area contributed by atoms with Crippen LogP contribution >= 0.6 is 11.6 Å². The molecule has 0 unspecified atom stereocenters. The summed E-state index contributed by atoms with van der Waals surface area (Å²) in [5.74, 6) is -0.550. The van der Waals surface area contributed by atoms with Gasteiger partial charge in [-0.15, -0.1) is 0 Å². The molecule has 0 saturated carbocycles. The molecule has 11 heteroatoms. The molecule has 0 aliphatic rings. The molecule has 34 heavy (non-hydrogen) atoms. The van der Waals surface area contributed by atoms with E-state index in [2.05, 4.69) is 5.32 Å². The smallest absolute Gasteiger partial charge is 0.264 e. The molecule has 0 aromatic heterocycles. The van der Waals surface area contributed by atoms with Gasteiger partial charge in [-0.2, -0.15) is 0 Å². The second-order valence-corrected chi connectivity index (χ2v) is 11.5. The van der Waals surface area contributed by atoms with Crippen molar-refractivity contribution < 1.29 is 21.6 Å². The van der Waals surface area contributed by atoms with Crippen LogP contribution in [-0.2, 0) is 31.4 Å². The van der Waals surface area contributed by atoms with Crippen molar-refractivity contribution >= 4 is 43.2 Å². The molecule has 0 spiro atoms. The third kappa shape index (κ3) is 5.95. The van der Waals surface area contributed by atoms with Crippen LogP contribution in [0, 0.1) is 13.8 Å². The van der Waals surface area contributed by atoms with E-state index < -0.39 is 32.5 Å². The number of benzene rings is 3. The van der Waals surface area contributed by atoms with Gasteiger partial charge in [0.2, 0.25) is 15.9 Å². The fourth-order valence-electron chi connectivity index (χ4n) is 3.19. The van der Waals surface area contributed by atoms with Gasteiger partial charge in [-0.05, 0) is 61.4 Å². The van der Waals surface area contributed by atoms with Crippen molar-refractivity contribution in [2.75, 3.05) is 10.8 Å². The van der Waals surface area contributed by atoms with E-state index in [4.69, 9.17) is 16.7 Å². The molecular formula is C23H24ClN3O5S2. The number of anilines is 1. The molecule has 0 saturated heterocycles. The molecule has 0 radical (unpaired) electrons. The Hall–Kier alpha value is -2.92. The lowest BCUT2D eigenvalue weighted by Gasteiger charge is -2.26. The molecule has 0 atom stereocenters. The van der Waals surface area contributed by atoms with E-state index in [0.717, 1.165) is 9.87 Å². The van der Waals surface area contributed by atoms with Crippen LogP contribution in [0.2, 0.25) is 5.02 Å². The molecule has 3 aromatic rings. The van der Waals surface area contributed by atoms with Crippen LogP contribution in [0.1, 0.15) is 16.7 Å². The second kappa shape index (κ2) is 10.1. The van der Waals surface area contributed by atoms with E-state index in [9.17, 15) is 21.6 Å². The van der Waals surface area contributed by atoms with Gasteiger partial charge in [0.25, 0.3) is 10.0 Å². The fraction of sp³-hybridized carbons (Fsp3) is 0.174. The summed E-state index contributed by atoms with van der Waals surface area (Å²) in [5.41, 5.74) is 2.33. The van der Waals surface area contributed by atoms with Crippen LogP contribution in [0.5, 0.6) is 0 Å². The second-order valence-electron chi connectivity index (χ2n) is 7.67. The van der Waals surface area contributed by atoms with Gasteiger partial charge in [-0.3, -0.25) is 9.10 Å². The minimum absolute atomic E-state index is 0.0452. The Labute approximate surface area is 204 Å². The zero-order valence-electron chi connectivity index (χ0n) is 18.5. The number of amides is 1. The van der Waals surface area contributed by atoms with E-state index >= 15 is 0 Å². The molecule has 180 valence electrons. The Morgan fingerprint density at radius 3 is 2.09 bits per heavy atom. The number of primary sulfonamides is 1. The van der Waals surface area contributed by atoms with Gasteiger partial charge in [-0.25, -0.2) is 22.0 Å². The maximum absolute atomic E-state index is 13.5. The zero-order valence-corrected chi connectivity index (χ0v) is 20.9. The van der Waals surface area contributed by atoms with Crippen LogP contribution in [-0.4, -0.2) is 29.3 Å². The number of carbonyl (C=O) groups is 1. The van der Waals surface area contributed by atoms with Crippen molar-refractivity contribution in [3.8, 4) is 0 Å². The van der Waals surface area contributed by atoms with Crippen molar-refractivity contribution in [1.82, 2.24) is 5.32 Å². The predicted molar refractivity (Wildman–Crippen MR) is 132 cm³/mol. The minimum Gasteiger partial charge on any atom is -0.350 e. The summed E-state index contributed by atoms with van der Waals surface area (Å²) >= 11 is 6.22. The first-order valence-electron chi connectivity index (χ1n) is 10.1. The van der Waals surface area contributed by atoms with Gasteiger partial charge in [0.05, 0.1) is 15.5 Å². The molecule has 0 fully saturated rings. The van der Waals surface area contributed by atoms with Gasteiger partial charge in [-0.1, -0.05) is 47.5 Å². The average molecular weight is 522 g/mol. The number of nitrogens with one attached hydrogen (secondary N) is 1. The third-order valence-corrected chi connectivity index (χ3v) is 8.26. The van der Waals surface area contributed by atoms with Crippen molar-refractivity contribution in [3.63, 3.8) is 0 Å². The summed E-state index contributed by atoms with van der Waals surface area (Å²) in [5, 5.41) is 8.13. The summed E-state index contributed by atoms with van der Waals surface area (Å²) in [6, 6.07) is 16.9. The van der Waals surface area contributed by atoms with Gasteiger partial charge >= 0.3 is 0 Å². The van der Waals surface area contributed by atoms with Crippen molar-refractivity contribution in [1.29, 1.82) is 0 Å². The SMILES string of the molecule is Cc1ccc(S(=O)(=O)N(CC(=O)NCc2ccc(S(N)(=O)=O)cc2)c2cccc(Cl)c2C)cc1. The van der Waals surface area contributed by atoms with E-state index in [1.165, 1.54) is 36.4 Å². The highest BCUT2D eigenvalue weighted by Crippen LogP contribution is 2.30. The van der Waals surface area contributed by atoms with E-state index in [-0.39, 0.29) is 16.3 Å². The molecule has 0 heterocycles. The Bertz CT molecular complexity index is 1410. The standard InChI is InChI=1S/C23H24ClN3O5S2/c1-16-6-10-20(11-7-16)34(31,32)27(22-5-3-4-21(24)17(22)2)15-23(28)26-14-18-8-12-19(13-9-18)33(25,29)30/h3-13H,14-15H2,1-2H3,(H,26,28)(H2,25,29,30). The van der Waals surface area contributed by atoms with Gasteiger partial charge < -0.3 is 5.32 Å². The number of nitrogens with zero attached hydrogens (tertiary/aromatic N) is 1. The fourth-order valence-corrected chi connectivity index (χ4v) is 5.35. The van der Waals surface area contributed by atoms with E-state index in [0.29, 0.717) is 21.8 Å². The molecule has 3 rings (SSSR count). The highest BCUT2D eigenvalue weighted by atomic mass is 35.5. The van der Waals surface area contributed by atoms with E-state index in [1.807, 2.05) is 6.92 Å². The highest BCUT2D eigenvalue weighted by molar-refractivity contribution is 7.92. The predicted octanol–water partition coefficient (Wildman–Crippen LogP) is 3.12. The summed E-state index contributed by atoms with van der Waals surface area (Å²) in [7, 11) is -7.90. The first kappa shape index (κ1) is 25.7. The number of rotatable bonds is 8. The number of sulfonamides is 2. The van der Waals surface area contributed by atoms with Crippen molar-refractivity contribution in [2.24, 2.45) is 5.14 Å². The number of halogens is 1. The third-order valence-electron chi connectivity index (χ3n) is 5.15. The summed E-state index contributed by atoms with van der Waals surface area (Å²) < 4.78 is 50.8. The monoisotopic (exact) mass is 521 g/mol. The van der Waals surface area contributed by atoms with Crippen LogP contribution in [0.15, 0.2) is 76.5 Å². The number of nitrogens with two attached hydrogens (primary N) is 1. The lowest BCUT2D eigenvalue weighted by Crippen LogP contribution is -2.41. The van der Waals surface area contributed by atoms with Gasteiger partial charge in [0, 0.05) is 11.6 Å². The Balaban J connectivity index is 1.86.